The van der Waals surface area contributed by atoms with Crippen molar-refractivity contribution < 1.29 is 28.1 Å². The lowest BCUT2D eigenvalue weighted by molar-refractivity contribution is 0.376. The summed E-state index contributed by atoms with van der Waals surface area (Å²) in [5.74, 6) is -0.243. The molecule has 0 spiro atoms. The highest BCUT2D eigenvalue weighted by atomic mass is 32.2. The molecule has 12 heteroatoms. The summed E-state index contributed by atoms with van der Waals surface area (Å²) in [5, 5.41) is 24.9. The molecule has 0 bridgehead atoms. The number of anilines is 2. The van der Waals surface area contributed by atoms with Crippen molar-refractivity contribution >= 4 is 40.1 Å². The second-order valence-corrected chi connectivity index (χ2v) is 13.2. The minimum absolute atomic E-state index is 0.0538. The Morgan fingerprint density at radius 1 is 1.24 bits per heavy atom. The molecule has 5 N–H and O–H groups in total. The van der Waals surface area contributed by atoms with E-state index in [-0.39, 0.29) is 39.7 Å². The van der Waals surface area contributed by atoms with E-state index < -0.39 is 23.0 Å². The van der Waals surface area contributed by atoms with Crippen molar-refractivity contribution in [3.63, 3.8) is 0 Å². The monoisotopic (exact) mass is 498 g/mol. The molecule has 1 aliphatic rings. The fourth-order valence-electron chi connectivity index (χ4n) is 3.79. The normalized spacial score (nSPS) is 18.6. The molecular formula is C21H31N4O6PS. The first-order valence-electron chi connectivity index (χ1n) is 10.5. The molecule has 0 saturated carbocycles. The van der Waals surface area contributed by atoms with Gasteiger partial charge < -0.3 is 25.0 Å². The van der Waals surface area contributed by atoms with Crippen molar-refractivity contribution in [3.8, 4) is 11.6 Å². The Kier molecular flexibility index (Phi) is 6.38. The molecule has 3 rings (SSSR count). The van der Waals surface area contributed by atoms with E-state index in [9.17, 15) is 28.1 Å². The Morgan fingerprint density at radius 2 is 1.88 bits per heavy atom. The zero-order chi connectivity index (χ0) is 24.9. The zero-order valence-electron chi connectivity index (χ0n) is 19.5. The van der Waals surface area contributed by atoms with Crippen LogP contribution >= 0.6 is 7.52 Å². The van der Waals surface area contributed by atoms with E-state index in [4.69, 9.17) is 0 Å². The van der Waals surface area contributed by atoms with Crippen molar-refractivity contribution in [2.45, 2.75) is 53.0 Å². The number of hydrogen-bond acceptors (Lipinski definition) is 6. The highest BCUT2D eigenvalue weighted by Crippen LogP contribution is 2.50. The van der Waals surface area contributed by atoms with Gasteiger partial charge in [0.05, 0.1) is 22.9 Å². The van der Waals surface area contributed by atoms with E-state index in [2.05, 4.69) is 28.6 Å². The lowest BCUT2D eigenvalue weighted by Crippen LogP contribution is -2.25. The number of fused-ring (bicyclic) bond motifs is 1. The maximum absolute atomic E-state index is 13.1. The maximum atomic E-state index is 13.1. The summed E-state index contributed by atoms with van der Waals surface area (Å²) < 4.78 is 43.9. The van der Waals surface area contributed by atoms with Crippen LogP contribution in [0.5, 0.6) is 11.6 Å². The van der Waals surface area contributed by atoms with Crippen molar-refractivity contribution in [1.29, 1.82) is 0 Å². The second kappa shape index (κ2) is 8.38. The van der Waals surface area contributed by atoms with Crippen LogP contribution in [0.15, 0.2) is 23.0 Å². The molecule has 1 unspecified atom stereocenters. The molecule has 10 nitrogen and oxygen atoms in total. The third-order valence-electron chi connectivity index (χ3n) is 5.19. The molecule has 1 aliphatic heterocycles. The lowest BCUT2D eigenvalue weighted by Gasteiger charge is -2.23. The van der Waals surface area contributed by atoms with Crippen LogP contribution in [0.2, 0.25) is 0 Å². The molecule has 0 amide bonds. The fraction of sp³-hybridized carbons (Fsp3) is 0.476. The van der Waals surface area contributed by atoms with E-state index in [0.717, 1.165) is 12.7 Å². The minimum atomic E-state index is -4.35. The van der Waals surface area contributed by atoms with E-state index in [0.29, 0.717) is 18.2 Å². The fourth-order valence-corrected chi connectivity index (χ4v) is 5.62. The molecule has 2 heterocycles. The average molecular weight is 499 g/mol. The van der Waals surface area contributed by atoms with Gasteiger partial charge in [-0.2, -0.15) is 4.76 Å². The first-order valence-corrected chi connectivity index (χ1v) is 14.0. The summed E-state index contributed by atoms with van der Waals surface area (Å²) in [7, 11) is -7.93. The Labute approximate surface area is 193 Å². The summed E-state index contributed by atoms with van der Waals surface area (Å²) in [6.45, 7) is 10.2. The summed E-state index contributed by atoms with van der Waals surface area (Å²) >= 11 is 0. The molecule has 0 aliphatic carbocycles. The number of hydrogen-bond donors (Lipinski definition) is 5. The van der Waals surface area contributed by atoms with E-state index in [1.54, 1.807) is 4.57 Å². The number of sulfonamides is 1. The predicted molar refractivity (Wildman–Crippen MR) is 130 cm³/mol. The summed E-state index contributed by atoms with van der Waals surface area (Å²) in [5.41, 5.74) is 0.245. The Hall–Kier alpha value is -2.49. The zero-order valence-corrected chi connectivity index (χ0v) is 21.3. The molecule has 1 aromatic carbocycles. The predicted octanol–water partition coefficient (Wildman–Crippen LogP) is 3.30. The standard InChI is InChI=1S/C21H31N4O6PS/c1-12(2)9-10-25-18(21(3,4)5)17(26)16(20(25)27)19-22-14-8-7-13(24-33(6,30)31)11-15(14)32(28,29)23-19/h7-8,11-12,24,26-27H,9-10H2,1-6H3,(H2,22,23,28,29). The lowest BCUT2D eigenvalue weighted by atomic mass is 9.91. The Morgan fingerprint density at radius 3 is 2.42 bits per heavy atom. The van der Waals surface area contributed by atoms with Gasteiger partial charge in [-0.1, -0.05) is 34.6 Å². The van der Waals surface area contributed by atoms with Gasteiger partial charge in [0, 0.05) is 17.6 Å². The number of aromatic nitrogens is 1. The van der Waals surface area contributed by atoms with Gasteiger partial charge in [-0.25, -0.2) is 8.42 Å². The van der Waals surface area contributed by atoms with Gasteiger partial charge in [-0.05, 0) is 30.5 Å². The molecule has 33 heavy (non-hydrogen) atoms. The average Bonchev–Trinajstić information content (AvgIpc) is 2.88. The number of nitrogens with zero attached hydrogens (tertiary/aromatic N) is 2. The smallest absolute Gasteiger partial charge is 0.346 e. The number of aromatic hydroxyl groups is 2. The highest BCUT2D eigenvalue weighted by Gasteiger charge is 2.37. The van der Waals surface area contributed by atoms with E-state index >= 15 is 0 Å². The third-order valence-corrected chi connectivity index (χ3v) is 7.27. The van der Waals surface area contributed by atoms with Crippen molar-refractivity contribution in [2.24, 2.45) is 10.7 Å². The first kappa shape index (κ1) is 25.1. The first-order chi connectivity index (χ1) is 15.0. The quantitative estimate of drug-likeness (QED) is 0.383. The van der Waals surface area contributed by atoms with Gasteiger partial charge >= 0.3 is 7.52 Å². The molecule has 0 saturated heterocycles. The Bertz CT molecular complexity index is 1270. The number of benzene rings is 1. The SMILES string of the molecule is CC(C)CCn1c(O)c(C2=NP(=O)(O)c3cc(NS(C)(=O)=O)ccc3N2)c(O)c1C(C)(C)C. The van der Waals surface area contributed by atoms with Crippen LogP contribution in [0.3, 0.4) is 0 Å². The van der Waals surface area contributed by atoms with E-state index in [1.165, 1.54) is 18.2 Å². The molecule has 1 atom stereocenters. The largest absolute Gasteiger partial charge is 0.505 e. The van der Waals surface area contributed by atoms with Crippen LogP contribution in [0, 0.1) is 5.92 Å². The van der Waals surface area contributed by atoms with Crippen LogP contribution < -0.4 is 15.3 Å². The molecule has 0 radical (unpaired) electrons. The number of nitrogens with one attached hydrogen (secondary N) is 2. The minimum Gasteiger partial charge on any atom is -0.505 e. The third kappa shape index (κ3) is 5.20. The van der Waals surface area contributed by atoms with Crippen LogP contribution in [-0.4, -0.2) is 40.2 Å². The van der Waals surface area contributed by atoms with Gasteiger partial charge in [0.1, 0.15) is 5.56 Å². The molecule has 0 fully saturated rings. The van der Waals surface area contributed by atoms with Gasteiger partial charge in [-0.3, -0.25) is 9.29 Å². The molecule has 1 aromatic heterocycles. The van der Waals surface area contributed by atoms with Crippen molar-refractivity contribution in [2.75, 3.05) is 16.3 Å². The van der Waals surface area contributed by atoms with Gasteiger partial charge in [0.2, 0.25) is 15.9 Å². The van der Waals surface area contributed by atoms with Gasteiger partial charge in [0.15, 0.2) is 11.6 Å². The second-order valence-electron chi connectivity index (χ2n) is 9.70. The highest BCUT2D eigenvalue weighted by molar-refractivity contribution is 7.92. The van der Waals surface area contributed by atoms with Crippen molar-refractivity contribution in [3.05, 3.63) is 29.5 Å². The summed E-state index contributed by atoms with van der Waals surface area (Å²) in [6, 6.07) is 4.11. The van der Waals surface area contributed by atoms with Crippen LogP contribution in [-0.2, 0) is 26.5 Å². The summed E-state index contributed by atoms with van der Waals surface area (Å²) in [6.07, 6.45) is 1.73. The van der Waals surface area contributed by atoms with Crippen LogP contribution in [0.1, 0.15) is 52.3 Å². The summed E-state index contributed by atoms with van der Waals surface area (Å²) in [4.78, 5) is 10.7. The molecule has 182 valence electrons. The van der Waals surface area contributed by atoms with Crippen LogP contribution in [0.4, 0.5) is 11.4 Å². The van der Waals surface area contributed by atoms with Crippen molar-refractivity contribution in [1.82, 2.24) is 4.57 Å². The van der Waals surface area contributed by atoms with Gasteiger partial charge in [-0.15, -0.1) is 0 Å². The van der Waals surface area contributed by atoms with E-state index in [1.807, 2.05) is 20.8 Å². The molecule has 2 aromatic rings. The number of amidine groups is 1. The molecular weight excluding hydrogens is 467 g/mol. The van der Waals surface area contributed by atoms with Crippen LogP contribution in [0.25, 0.3) is 0 Å². The topological polar surface area (TPSA) is 153 Å². The van der Waals surface area contributed by atoms with Gasteiger partial charge in [0.25, 0.3) is 0 Å². The maximum Gasteiger partial charge on any atom is 0.346 e. The Balaban J connectivity index is 2.13. The number of rotatable bonds is 6.